The fraction of sp³-hybridized carbons (Fsp3) is 0.833. The quantitative estimate of drug-likeness (QED) is 0.161. The maximum Gasteiger partial charge on any atom is 1.00 e. The van der Waals surface area contributed by atoms with Crippen LogP contribution in [0.1, 0.15) is 90.4 Å². The van der Waals surface area contributed by atoms with Crippen molar-refractivity contribution in [3.63, 3.8) is 0 Å². The number of rotatable bonds is 16. The van der Waals surface area contributed by atoms with Crippen molar-refractivity contribution in [2.45, 2.75) is 95.6 Å². The van der Waals surface area contributed by atoms with Crippen molar-refractivity contribution in [3.05, 3.63) is 12.2 Å². The van der Waals surface area contributed by atoms with E-state index in [1.807, 2.05) is 0 Å². The molecule has 0 heterocycles. The first-order valence-electron chi connectivity index (χ1n) is 9.19. The monoisotopic (exact) mass is 399 g/mol. The Labute approximate surface area is 196 Å². The second kappa shape index (κ2) is 18.1. The second-order valence-electron chi connectivity index (χ2n) is 6.34. The summed E-state index contributed by atoms with van der Waals surface area (Å²) in [5, 5.41) is 9.34. The molecule has 0 saturated heterocycles. The molecule has 0 aliphatic carbocycles. The Kier molecular flexibility index (Phi) is 20.3. The van der Waals surface area contributed by atoms with Crippen molar-refractivity contribution in [3.8, 4) is 0 Å². The molecule has 0 bridgehead atoms. The second-order valence-corrected chi connectivity index (χ2v) is 7.93. The molecule has 0 aromatic carbocycles. The van der Waals surface area contributed by atoms with Crippen molar-refractivity contribution in [2.75, 3.05) is 0 Å². The number of hydrogen-bond acceptors (Lipinski definition) is 5. The Morgan fingerprint density at radius 3 is 2.12 bits per heavy atom. The molecular weight excluding hydrogens is 367 g/mol. The number of carboxylic acids is 1. The summed E-state index contributed by atoms with van der Waals surface area (Å²) in [6, 6.07) is 0. The van der Waals surface area contributed by atoms with Crippen LogP contribution in [-0.4, -0.2) is 24.2 Å². The summed E-state index contributed by atoms with van der Waals surface area (Å²) in [4.78, 5) is 10.3. The van der Waals surface area contributed by atoms with Gasteiger partial charge >= 0.3 is 51.4 Å². The predicted octanol–water partition coefficient (Wildman–Crippen LogP) is 0.302. The van der Waals surface area contributed by atoms with Gasteiger partial charge in [-0.05, 0) is 32.1 Å². The standard InChI is InChI=1S/C18H34O5S.K/c1-2-3-4-5-8-11-14-17(24(21,22)23)15-12-9-6-7-10-13-16-18(19)20;/h12,15,17H,2-11,13-14,16H2,1H3,(H,19,20)(H,21,22,23);/q;+1/p-2/b15-12+;. The van der Waals surface area contributed by atoms with Crippen LogP contribution in [0.5, 0.6) is 0 Å². The van der Waals surface area contributed by atoms with Gasteiger partial charge in [-0.2, -0.15) is 0 Å². The van der Waals surface area contributed by atoms with Crippen LogP contribution in [0.25, 0.3) is 0 Å². The molecule has 0 N–H and O–H groups in total. The van der Waals surface area contributed by atoms with Crippen molar-refractivity contribution in [2.24, 2.45) is 0 Å². The molecule has 0 fully saturated rings. The first-order chi connectivity index (χ1) is 11.4. The van der Waals surface area contributed by atoms with Crippen molar-refractivity contribution >= 4 is 16.1 Å². The molecule has 0 saturated carbocycles. The Balaban J connectivity index is 0. The summed E-state index contributed by atoms with van der Waals surface area (Å²) < 4.78 is 33.9. The van der Waals surface area contributed by atoms with Gasteiger partial charge in [-0.15, -0.1) is 0 Å². The van der Waals surface area contributed by atoms with E-state index in [0.29, 0.717) is 19.3 Å². The van der Waals surface area contributed by atoms with E-state index >= 15 is 0 Å². The summed E-state index contributed by atoms with van der Waals surface area (Å²) in [7, 11) is -4.28. The number of allylic oxidation sites excluding steroid dienone is 1. The van der Waals surface area contributed by atoms with E-state index < -0.39 is 21.3 Å². The van der Waals surface area contributed by atoms with Crippen LogP contribution in [-0.2, 0) is 14.9 Å². The van der Waals surface area contributed by atoms with Crippen LogP contribution in [0.3, 0.4) is 0 Å². The van der Waals surface area contributed by atoms with E-state index in [1.165, 1.54) is 25.3 Å². The fourth-order valence-electron chi connectivity index (χ4n) is 2.60. The van der Waals surface area contributed by atoms with E-state index in [2.05, 4.69) is 6.92 Å². The van der Waals surface area contributed by atoms with Gasteiger partial charge in [-0.1, -0.05) is 70.4 Å². The predicted molar refractivity (Wildman–Crippen MR) is 93.3 cm³/mol. The van der Waals surface area contributed by atoms with E-state index in [-0.39, 0.29) is 57.8 Å². The number of carbonyl (C=O) groups excluding carboxylic acids is 1. The van der Waals surface area contributed by atoms with Crippen LogP contribution in [0.2, 0.25) is 0 Å². The normalized spacial score (nSPS) is 12.9. The van der Waals surface area contributed by atoms with Crippen LogP contribution in [0.15, 0.2) is 12.2 Å². The topological polar surface area (TPSA) is 97.3 Å². The van der Waals surface area contributed by atoms with Gasteiger partial charge in [-0.25, -0.2) is 8.42 Å². The summed E-state index contributed by atoms with van der Waals surface area (Å²) in [6.45, 7) is 2.15. The molecule has 0 aromatic rings. The molecule has 25 heavy (non-hydrogen) atoms. The number of unbranched alkanes of at least 4 members (excludes halogenated alkanes) is 9. The van der Waals surface area contributed by atoms with E-state index in [4.69, 9.17) is 0 Å². The minimum atomic E-state index is -4.28. The minimum Gasteiger partial charge on any atom is -0.747 e. The molecule has 7 heteroatoms. The number of aliphatic carboxylic acids is 1. The summed E-state index contributed by atoms with van der Waals surface area (Å²) in [6.07, 6.45) is 14.1. The van der Waals surface area contributed by atoms with Gasteiger partial charge in [0.2, 0.25) is 0 Å². The molecule has 1 unspecified atom stereocenters. The van der Waals surface area contributed by atoms with Gasteiger partial charge in [0, 0.05) is 5.97 Å². The zero-order chi connectivity index (χ0) is 18.3. The van der Waals surface area contributed by atoms with Gasteiger partial charge in [0.25, 0.3) is 0 Å². The zero-order valence-corrected chi connectivity index (χ0v) is 19.8. The molecule has 5 nitrogen and oxygen atoms in total. The van der Waals surface area contributed by atoms with Gasteiger partial charge in [0.15, 0.2) is 0 Å². The van der Waals surface area contributed by atoms with Crippen molar-refractivity contribution in [1.82, 2.24) is 0 Å². The Morgan fingerprint density at radius 1 is 0.960 bits per heavy atom. The van der Waals surface area contributed by atoms with Crippen LogP contribution < -0.4 is 56.5 Å². The van der Waals surface area contributed by atoms with Crippen LogP contribution in [0.4, 0.5) is 0 Å². The Morgan fingerprint density at radius 2 is 1.52 bits per heavy atom. The number of carbonyl (C=O) groups is 1. The molecule has 0 radical (unpaired) electrons. The summed E-state index contributed by atoms with van der Waals surface area (Å²) in [5.74, 6) is -1.02. The minimum absolute atomic E-state index is 0. The fourth-order valence-corrected chi connectivity index (χ4v) is 3.35. The summed E-state index contributed by atoms with van der Waals surface area (Å²) in [5.41, 5.74) is 0. The van der Waals surface area contributed by atoms with Crippen LogP contribution >= 0.6 is 0 Å². The van der Waals surface area contributed by atoms with Gasteiger partial charge in [-0.3, -0.25) is 0 Å². The third-order valence-electron chi connectivity index (χ3n) is 4.07. The number of carboxylic acid groups (broad SMARTS) is 1. The van der Waals surface area contributed by atoms with Crippen molar-refractivity contribution < 1.29 is 74.3 Å². The Bertz CT molecular complexity index is 448. The summed E-state index contributed by atoms with van der Waals surface area (Å²) >= 11 is 0. The number of hydrogen-bond donors (Lipinski definition) is 0. The smallest absolute Gasteiger partial charge is 0.747 e. The van der Waals surface area contributed by atoms with Gasteiger partial charge in [0.1, 0.15) is 10.1 Å². The van der Waals surface area contributed by atoms with E-state index in [0.717, 1.165) is 38.5 Å². The molecule has 1 atom stereocenters. The molecule has 0 aliphatic rings. The molecular formula is C18H32KO5S-. The van der Waals surface area contributed by atoms with Crippen molar-refractivity contribution in [1.29, 1.82) is 0 Å². The van der Waals surface area contributed by atoms with Gasteiger partial charge < -0.3 is 14.5 Å². The maximum atomic E-state index is 11.3. The average molecular weight is 400 g/mol. The molecule has 142 valence electrons. The average Bonchev–Trinajstić information content (AvgIpc) is 2.49. The maximum absolute atomic E-state index is 11.3. The molecule has 0 rings (SSSR count). The molecule has 0 aromatic heterocycles. The zero-order valence-electron chi connectivity index (χ0n) is 15.9. The SMILES string of the molecule is CCCCCCCCC(/C=C/CCCCCCC(=O)[O-])S(=O)(=O)[O-].[K+]. The molecule has 0 amide bonds. The Hall–Kier alpha value is 0.756. The first-order valence-corrected chi connectivity index (χ1v) is 10.7. The first kappa shape index (κ1) is 28.0. The van der Waals surface area contributed by atoms with E-state index in [9.17, 15) is 22.9 Å². The van der Waals surface area contributed by atoms with Gasteiger partial charge in [0.05, 0.1) is 5.25 Å². The third kappa shape index (κ3) is 19.3. The largest absolute Gasteiger partial charge is 1.00 e. The van der Waals surface area contributed by atoms with E-state index in [1.54, 1.807) is 6.08 Å². The van der Waals surface area contributed by atoms with Crippen LogP contribution in [0, 0.1) is 0 Å². The molecule has 0 spiro atoms. The third-order valence-corrected chi connectivity index (χ3v) is 5.20. The molecule has 0 aliphatic heterocycles.